The Bertz CT molecular complexity index is 1580. The Kier molecular flexibility index (Phi) is 4.11. The van der Waals surface area contributed by atoms with Gasteiger partial charge in [-0.25, -0.2) is 4.39 Å². The van der Waals surface area contributed by atoms with E-state index in [1.807, 2.05) is 49.5 Å². The second kappa shape index (κ2) is 7.13. The Morgan fingerprint density at radius 3 is 2.53 bits per heavy atom. The number of halogens is 1. The van der Waals surface area contributed by atoms with Crippen LogP contribution in [0.15, 0.2) is 79.3 Å². The number of H-pyrrole nitrogens is 2. The van der Waals surface area contributed by atoms with Crippen LogP contribution in [0.3, 0.4) is 0 Å². The molecule has 0 spiro atoms. The van der Waals surface area contributed by atoms with Crippen molar-refractivity contribution in [2.45, 2.75) is 6.92 Å². The molecule has 6 rings (SSSR count). The molecule has 0 saturated heterocycles. The Hall–Kier alpha value is -4.32. The first-order valence-electron chi connectivity index (χ1n) is 10.3. The average molecular weight is 419 g/mol. The third-order valence-electron chi connectivity index (χ3n) is 5.68. The number of nitrogens with zero attached hydrogens (tertiary/aromatic N) is 3. The minimum absolute atomic E-state index is 0.268. The van der Waals surface area contributed by atoms with E-state index in [-0.39, 0.29) is 5.82 Å². The summed E-state index contributed by atoms with van der Waals surface area (Å²) < 4.78 is 14.0. The first-order chi connectivity index (χ1) is 15.7. The van der Waals surface area contributed by atoms with Gasteiger partial charge in [0.25, 0.3) is 0 Å². The lowest BCUT2D eigenvalue weighted by atomic mass is 10.0. The van der Waals surface area contributed by atoms with Gasteiger partial charge in [-0.15, -0.1) is 0 Å². The maximum absolute atomic E-state index is 14.0. The van der Waals surface area contributed by atoms with Crippen LogP contribution in [-0.4, -0.2) is 25.1 Å². The smallest absolute Gasteiger partial charge is 0.124 e. The third kappa shape index (κ3) is 3.04. The van der Waals surface area contributed by atoms with Crippen LogP contribution < -0.4 is 0 Å². The van der Waals surface area contributed by atoms with Crippen molar-refractivity contribution < 1.29 is 4.39 Å². The zero-order chi connectivity index (χ0) is 21.7. The highest BCUT2D eigenvalue weighted by molar-refractivity contribution is 6.00. The number of hydrogen-bond acceptors (Lipinski definition) is 3. The summed E-state index contributed by atoms with van der Waals surface area (Å²) in [5.74, 6) is -0.268. The zero-order valence-electron chi connectivity index (χ0n) is 17.2. The first kappa shape index (κ1) is 18.4. The number of hydrogen-bond donors (Lipinski definition) is 2. The molecule has 0 bridgehead atoms. The van der Waals surface area contributed by atoms with Gasteiger partial charge in [0.15, 0.2) is 0 Å². The minimum atomic E-state index is -0.268. The highest BCUT2D eigenvalue weighted by Crippen LogP contribution is 2.34. The fourth-order valence-corrected chi connectivity index (χ4v) is 4.22. The predicted molar refractivity (Wildman–Crippen MR) is 125 cm³/mol. The van der Waals surface area contributed by atoms with Gasteiger partial charge in [0, 0.05) is 46.0 Å². The number of rotatable bonds is 3. The molecule has 0 aliphatic rings. The molecule has 6 heteroatoms. The van der Waals surface area contributed by atoms with Crippen LogP contribution in [-0.2, 0) is 0 Å². The van der Waals surface area contributed by atoms with Gasteiger partial charge in [0.05, 0.1) is 16.9 Å². The van der Waals surface area contributed by atoms with E-state index in [4.69, 9.17) is 0 Å². The molecule has 0 aliphatic heterocycles. The molecule has 154 valence electrons. The fraction of sp³-hybridized carbons (Fsp3) is 0.0385. The van der Waals surface area contributed by atoms with E-state index in [2.05, 4.69) is 37.3 Å². The largest absolute Gasteiger partial charge is 0.353 e. The van der Waals surface area contributed by atoms with Gasteiger partial charge in [-0.3, -0.25) is 15.1 Å². The van der Waals surface area contributed by atoms with Crippen molar-refractivity contribution in [1.82, 2.24) is 25.1 Å². The number of aromatic nitrogens is 5. The monoisotopic (exact) mass is 419 g/mol. The van der Waals surface area contributed by atoms with Crippen molar-refractivity contribution in [2.75, 3.05) is 0 Å². The van der Waals surface area contributed by atoms with Crippen LogP contribution in [0, 0.1) is 12.7 Å². The van der Waals surface area contributed by atoms with Crippen LogP contribution in [0.4, 0.5) is 4.39 Å². The summed E-state index contributed by atoms with van der Waals surface area (Å²) in [6.07, 6.45) is 5.35. The Balaban J connectivity index is 1.52. The molecular weight excluding hydrogens is 401 g/mol. The van der Waals surface area contributed by atoms with Crippen molar-refractivity contribution in [3.63, 3.8) is 0 Å². The van der Waals surface area contributed by atoms with Crippen molar-refractivity contribution in [1.29, 1.82) is 0 Å². The summed E-state index contributed by atoms with van der Waals surface area (Å²) in [6, 6.07) is 19.1. The summed E-state index contributed by atoms with van der Waals surface area (Å²) >= 11 is 0. The zero-order valence-corrected chi connectivity index (χ0v) is 17.2. The Labute approximate surface area is 183 Å². The highest BCUT2D eigenvalue weighted by Gasteiger charge is 2.15. The van der Waals surface area contributed by atoms with Gasteiger partial charge in [0.2, 0.25) is 0 Å². The number of pyridine rings is 2. The van der Waals surface area contributed by atoms with E-state index in [0.717, 1.165) is 61.1 Å². The highest BCUT2D eigenvalue weighted by atomic mass is 19.1. The van der Waals surface area contributed by atoms with Crippen LogP contribution in [0.25, 0.3) is 55.6 Å². The molecule has 0 atom stereocenters. The van der Waals surface area contributed by atoms with Gasteiger partial charge in [-0.05, 0) is 66.6 Å². The predicted octanol–water partition coefficient (Wildman–Crippen LogP) is 6.28. The van der Waals surface area contributed by atoms with E-state index in [1.165, 1.54) is 12.1 Å². The average Bonchev–Trinajstić information content (AvgIpc) is 3.42. The van der Waals surface area contributed by atoms with Crippen molar-refractivity contribution in [3.05, 3.63) is 90.6 Å². The molecule has 0 unspecified atom stereocenters. The van der Waals surface area contributed by atoms with Gasteiger partial charge in [-0.2, -0.15) is 5.10 Å². The van der Waals surface area contributed by atoms with Gasteiger partial charge >= 0.3 is 0 Å². The minimum Gasteiger partial charge on any atom is -0.353 e. The lowest BCUT2D eigenvalue weighted by Crippen LogP contribution is -1.87. The summed E-state index contributed by atoms with van der Waals surface area (Å²) in [4.78, 5) is 12.2. The van der Waals surface area contributed by atoms with Crippen molar-refractivity contribution in [2.24, 2.45) is 0 Å². The molecular formula is C26H18FN5. The van der Waals surface area contributed by atoms with E-state index in [0.29, 0.717) is 0 Å². The quantitative estimate of drug-likeness (QED) is 0.354. The number of nitrogens with one attached hydrogen (secondary N) is 2. The maximum atomic E-state index is 14.0. The summed E-state index contributed by atoms with van der Waals surface area (Å²) in [7, 11) is 0. The normalized spacial score (nSPS) is 11.4. The number of aryl methyl sites for hydroxylation is 1. The Morgan fingerprint density at radius 2 is 1.69 bits per heavy atom. The van der Waals surface area contributed by atoms with E-state index < -0.39 is 0 Å². The van der Waals surface area contributed by atoms with Crippen LogP contribution in [0.1, 0.15) is 5.56 Å². The fourth-order valence-electron chi connectivity index (χ4n) is 4.22. The molecule has 0 fully saturated rings. The lowest BCUT2D eigenvalue weighted by molar-refractivity contribution is 0.627. The van der Waals surface area contributed by atoms with E-state index >= 15 is 0 Å². The number of aromatic amines is 2. The SMILES string of the molecule is Cc1cc(F)cc(-c2nccc3[nH]c(-c4n[nH]c5ccc(-c6cccnc6)cc45)cc23)c1. The van der Waals surface area contributed by atoms with Crippen LogP contribution in [0.2, 0.25) is 0 Å². The second-order valence-electron chi connectivity index (χ2n) is 7.90. The molecule has 4 aromatic heterocycles. The van der Waals surface area contributed by atoms with Crippen LogP contribution >= 0.6 is 0 Å². The third-order valence-corrected chi connectivity index (χ3v) is 5.68. The first-order valence-corrected chi connectivity index (χ1v) is 10.3. The molecule has 6 aromatic rings. The molecule has 5 nitrogen and oxygen atoms in total. The molecule has 0 aliphatic carbocycles. The van der Waals surface area contributed by atoms with Crippen molar-refractivity contribution in [3.8, 4) is 33.8 Å². The molecule has 0 amide bonds. The molecule has 2 N–H and O–H groups in total. The van der Waals surface area contributed by atoms with Crippen LogP contribution in [0.5, 0.6) is 0 Å². The van der Waals surface area contributed by atoms with Gasteiger partial charge in [0.1, 0.15) is 11.5 Å². The summed E-state index contributed by atoms with van der Waals surface area (Å²) in [6.45, 7) is 1.88. The number of fused-ring (bicyclic) bond motifs is 2. The summed E-state index contributed by atoms with van der Waals surface area (Å²) in [5.41, 5.74) is 8.04. The molecule has 0 radical (unpaired) electrons. The molecule has 0 saturated carbocycles. The standard InChI is InChI=1S/C26H18FN5/c1-15-9-18(11-19(27)10-15)25-21-13-24(30-22(21)6-8-29-25)26-20-12-16(4-5-23(20)31-32-26)17-3-2-7-28-14-17/h2-14,30H,1H3,(H,31,32). The topological polar surface area (TPSA) is 70.2 Å². The van der Waals surface area contributed by atoms with E-state index in [9.17, 15) is 4.39 Å². The van der Waals surface area contributed by atoms with E-state index in [1.54, 1.807) is 12.4 Å². The number of benzene rings is 2. The van der Waals surface area contributed by atoms with Crippen molar-refractivity contribution >= 4 is 21.8 Å². The molecule has 4 heterocycles. The Morgan fingerprint density at radius 1 is 0.781 bits per heavy atom. The maximum Gasteiger partial charge on any atom is 0.124 e. The summed E-state index contributed by atoms with van der Waals surface area (Å²) in [5, 5.41) is 9.63. The molecule has 32 heavy (non-hydrogen) atoms. The van der Waals surface area contributed by atoms with Gasteiger partial charge in [-0.1, -0.05) is 12.1 Å². The van der Waals surface area contributed by atoms with Gasteiger partial charge < -0.3 is 4.98 Å². The second-order valence-corrected chi connectivity index (χ2v) is 7.90. The molecule has 2 aromatic carbocycles. The lowest BCUT2D eigenvalue weighted by Gasteiger charge is -2.04.